The van der Waals surface area contributed by atoms with Crippen LogP contribution in [0.5, 0.6) is 0 Å². The lowest BCUT2D eigenvalue weighted by atomic mass is 10.1. The maximum Gasteiger partial charge on any atom is 0.416 e. The van der Waals surface area contributed by atoms with Crippen LogP contribution in [0.2, 0.25) is 0 Å². The molecule has 0 saturated heterocycles. The van der Waals surface area contributed by atoms with Crippen molar-refractivity contribution < 1.29 is 17.7 Å². The number of alkyl halides is 3. The van der Waals surface area contributed by atoms with Crippen molar-refractivity contribution in [1.29, 1.82) is 0 Å². The molecule has 2 N–H and O–H groups in total. The highest BCUT2D eigenvalue weighted by Gasteiger charge is 2.30. The van der Waals surface area contributed by atoms with Gasteiger partial charge in [0.15, 0.2) is 0 Å². The van der Waals surface area contributed by atoms with Gasteiger partial charge in [0.1, 0.15) is 5.82 Å². The second kappa shape index (κ2) is 8.00. The van der Waals surface area contributed by atoms with Crippen molar-refractivity contribution in [3.63, 3.8) is 0 Å². The van der Waals surface area contributed by atoms with E-state index in [4.69, 9.17) is 10.3 Å². The molecule has 0 spiro atoms. The third kappa shape index (κ3) is 4.88. The first kappa shape index (κ1) is 19.9. The third-order valence-electron chi connectivity index (χ3n) is 3.46. The quantitative estimate of drug-likeness (QED) is 0.655. The van der Waals surface area contributed by atoms with Crippen molar-refractivity contribution in [3.8, 4) is 11.4 Å². The van der Waals surface area contributed by atoms with Gasteiger partial charge in [-0.2, -0.15) is 33.1 Å². The van der Waals surface area contributed by atoms with E-state index in [-0.39, 0.29) is 23.2 Å². The summed E-state index contributed by atoms with van der Waals surface area (Å²) in [5.41, 5.74) is 5.13. The fraction of sp³-hybridized carbons (Fsp3) is 0.312. The third-order valence-corrected chi connectivity index (χ3v) is 4.37. The van der Waals surface area contributed by atoms with Crippen molar-refractivity contribution in [3.05, 3.63) is 41.5 Å². The number of benzene rings is 1. The molecule has 28 heavy (non-hydrogen) atoms. The highest BCUT2D eigenvalue weighted by molar-refractivity contribution is 7.97. The number of nitrogens with zero attached hydrogens (tertiary/aromatic N) is 6. The first-order valence-corrected chi connectivity index (χ1v) is 9.13. The molecule has 0 amide bonds. The molecule has 3 rings (SSSR count). The topological polar surface area (TPSA) is 107 Å². The molecule has 8 nitrogen and oxygen atoms in total. The first-order valence-electron chi connectivity index (χ1n) is 7.98. The van der Waals surface area contributed by atoms with Gasteiger partial charge in [-0.3, -0.25) is 0 Å². The van der Waals surface area contributed by atoms with Gasteiger partial charge in [-0.05, 0) is 12.1 Å². The van der Waals surface area contributed by atoms with E-state index >= 15 is 0 Å². The molecule has 2 aromatic heterocycles. The Labute approximate surface area is 162 Å². The Morgan fingerprint density at radius 2 is 1.89 bits per heavy atom. The molecule has 0 saturated carbocycles. The van der Waals surface area contributed by atoms with E-state index in [0.29, 0.717) is 23.3 Å². The molecule has 2 heterocycles. The molecule has 12 heteroatoms. The van der Waals surface area contributed by atoms with Crippen molar-refractivity contribution in [2.75, 3.05) is 24.7 Å². The minimum absolute atomic E-state index is 0.0981. The predicted octanol–water partition coefficient (Wildman–Crippen LogP) is 3.02. The number of thioether (sulfide) groups is 1. The van der Waals surface area contributed by atoms with Crippen LogP contribution in [0, 0.1) is 0 Å². The number of nitrogen functional groups attached to an aromatic ring is 1. The van der Waals surface area contributed by atoms with Crippen LogP contribution in [0.4, 0.5) is 25.1 Å². The van der Waals surface area contributed by atoms with Gasteiger partial charge < -0.3 is 15.2 Å². The molecule has 0 bridgehead atoms. The van der Waals surface area contributed by atoms with Gasteiger partial charge in [-0.1, -0.05) is 17.3 Å². The minimum Gasteiger partial charge on any atom is -0.368 e. The SMILES string of the molecule is CN(C)c1nc(N)nc(CSCc2nc(-c3cccc(C(F)(F)F)c3)no2)n1. The zero-order chi connectivity index (χ0) is 20.3. The summed E-state index contributed by atoms with van der Waals surface area (Å²) in [5, 5.41) is 3.75. The normalized spacial score (nSPS) is 11.6. The molecular formula is C16H16F3N7OS. The second-order valence-electron chi connectivity index (χ2n) is 5.89. The van der Waals surface area contributed by atoms with Gasteiger partial charge >= 0.3 is 6.18 Å². The molecule has 0 unspecified atom stereocenters. The van der Waals surface area contributed by atoms with Gasteiger partial charge in [0.25, 0.3) is 0 Å². The van der Waals surface area contributed by atoms with Gasteiger partial charge in [0.2, 0.25) is 23.6 Å². The van der Waals surface area contributed by atoms with Crippen LogP contribution >= 0.6 is 11.8 Å². The highest BCUT2D eigenvalue weighted by Crippen LogP contribution is 2.31. The Kier molecular flexibility index (Phi) is 5.68. The maximum atomic E-state index is 12.8. The Bertz CT molecular complexity index is 961. The van der Waals surface area contributed by atoms with E-state index in [9.17, 15) is 13.2 Å². The van der Waals surface area contributed by atoms with E-state index in [1.165, 1.54) is 23.9 Å². The largest absolute Gasteiger partial charge is 0.416 e. The lowest BCUT2D eigenvalue weighted by Crippen LogP contribution is -2.15. The number of aromatic nitrogens is 5. The Morgan fingerprint density at radius 3 is 2.61 bits per heavy atom. The van der Waals surface area contributed by atoms with E-state index in [2.05, 4.69) is 25.1 Å². The van der Waals surface area contributed by atoms with Gasteiger partial charge in [-0.25, -0.2) is 0 Å². The average molecular weight is 411 g/mol. The van der Waals surface area contributed by atoms with Crippen LogP contribution in [-0.4, -0.2) is 39.2 Å². The zero-order valence-corrected chi connectivity index (χ0v) is 15.8. The number of nitrogens with two attached hydrogens (primary N) is 1. The van der Waals surface area contributed by atoms with Crippen LogP contribution < -0.4 is 10.6 Å². The Hall–Kier alpha value is -2.89. The summed E-state index contributed by atoms with van der Waals surface area (Å²) in [7, 11) is 3.58. The standard InChI is InChI=1S/C16H16F3N7OS/c1-26(2)15-22-11(21-14(20)24-15)7-28-8-12-23-13(25-27-12)9-4-3-5-10(6-9)16(17,18)19/h3-6H,7-8H2,1-2H3,(H2,20,21,22,24). The molecule has 1 aromatic carbocycles. The highest BCUT2D eigenvalue weighted by atomic mass is 32.2. The summed E-state index contributed by atoms with van der Waals surface area (Å²) < 4.78 is 43.6. The van der Waals surface area contributed by atoms with Crippen molar-refractivity contribution >= 4 is 23.7 Å². The second-order valence-corrected chi connectivity index (χ2v) is 6.87. The Morgan fingerprint density at radius 1 is 1.11 bits per heavy atom. The lowest BCUT2D eigenvalue weighted by Gasteiger charge is -2.10. The number of halogens is 3. The fourth-order valence-electron chi connectivity index (χ4n) is 2.18. The van der Waals surface area contributed by atoms with Crippen LogP contribution in [-0.2, 0) is 17.7 Å². The number of rotatable bonds is 6. The summed E-state index contributed by atoms with van der Waals surface area (Å²) in [4.78, 5) is 18.2. The summed E-state index contributed by atoms with van der Waals surface area (Å²) >= 11 is 1.40. The molecule has 0 aliphatic rings. The first-order chi connectivity index (χ1) is 13.2. The van der Waals surface area contributed by atoms with Gasteiger partial charge in [0.05, 0.1) is 17.1 Å². The van der Waals surface area contributed by atoms with E-state index in [1.807, 2.05) is 0 Å². The van der Waals surface area contributed by atoms with Crippen LogP contribution in [0.1, 0.15) is 17.3 Å². The van der Waals surface area contributed by atoms with Gasteiger partial charge in [0, 0.05) is 19.7 Å². The molecule has 0 fully saturated rings. The summed E-state index contributed by atoms with van der Waals surface area (Å²) in [5.74, 6) is 2.22. The molecule has 0 atom stereocenters. The predicted molar refractivity (Wildman–Crippen MR) is 98.3 cm³/mol. The summed E-state index contributed by atoms with van der Waals surface area (Å²) in [6.45, 7) is 0. The smallest absolute Gasteiger partial charge is 0.368 e. The van der Waals surface area contributed by atoms with Crippen molar-refractivity contribution in [2.24, 2.45) is 0 Å². The summed E-state index contributed by atoms with van der Waals surface area (Å²) in [6.07, 6.45) is -4.43. The van der Waals surface area contributed by atoms with Gasteiger partial charge in [-0.15, -0.1) is 11.8 Å². The van der Waals surface area contributed by atoms with E-state index < -0.39 is 11.7 Å². The van der Waals surface area contributed by atoms with E-state index in [1.54, 1.807) is 19.0 Å². The molecule has 0 aliphatic carbocycles. The van der Waals surface area contributed by atoms with Crippen molar-refractivity contribution in [1.82, 2.24) is 25.1 Å². The minimum atomic E-state index is -4.43. The molecule has 0 radical (unpaired) electrons. The van der Waals surface area contributed by atoms with Crippen LogP contribution in [0.3, 0.4) is 0 Å². The molecule has 3 aromatic rings. The monoisotopic (exact) mass is 411 g/mol. The fourth-order valence-corrected chi connectivity index (χ4v) is 2.89. The van der Waals surface area contributed by atoms with Crippen LogP contribution in [0.25, 0.3) is 11.4 Å². The molecule has 0 aliphatic heterocycles. The average Bonchev–Trinajstić information content (AvgIpc) is 3.09. The Balaban J connectivity index is 1.65. The number of hydrogen-bond donors (Lipinski definition) is 1. The lowest BCUT2D eigenvalue weighted by molar-refractivity contribution is -0.137. The summed E-state index contributed by atoms with van der Waals surface area (Å²) in [6, 6.07) is 4.77. The van der Waals surface area contributed by atoms with E-state index in [0.717, 1.165) is 12.1 Å². The molecule has 148 valence electrons. The molecular weight excluding hydrogens is 395 g/mol. The van der Waals surface area contributed by atoms with Crippen LogP contribution in [0.15, 0.2) is 28.8 Å². The number of hydrogen-bond acceptors (Lipinski definition) is 9. The number of anilines is 2. The maximum absolute atomic E-state index is 12.8. The zero-order valence-electron chi connectivity index (χ0n) is 14.9. The van der Waals surface area contributed by atoms with Crippen molar-refractivity contribution in [2.45, 2.75) is 17.7 Å².